The summed E-state index contributed by atoms with van der Waals surface area (Å²) >= 11 is 11.9. The van der Waals surface area contributed by atoms with Crippen LogP contribution in [0.1, 0.15) is 21.5 Å². The van der Waals surface area contributed by atoms with Crippen molar-refractivity contribution in [1.82, 2.24) is 0 Å². The SMILES string of the molecule is Cc1cc(N)c(Cl)cc1NC(=O)c1cc(Cl)ccc1C. The van der Waals surface area contributed by atoms with Crippen molar-refractivity contribution < 1.29 is 4.79 Å². The lowest BCUT2D eigenvalue weighted by molar-refractivity contribution is 0.102. The number of nitrogens with one attached hydrogen (secondary N) is 1. The van der Waals surface area contributed by atoms with Crippen molar-refractivity contribution in [3.63, 3.8) is 0 Å². The maximum absolute atomic E-state index is 12.3. The highest BCUT2D eigenvalue weighted by atomic mass is 35.5. The zero-order valence-corrected chi connectivity index (χ0v) is 12.6. The van der Waals surface area contributed by atoms with E-state index in [4.69, 9.17) is 28.9 Å². The van der Waals surface area contributed by atoms with Gasteiger partial charge in [0, 0.05) is 16.3 Å². The summed E-state index contributed by atoms with van der Waals surface area (Å²) < 4.78 is 0. The highest BCUT2D eigenvalue weighted by Gasteiger charge is 2.12. The van der Waals surface area contributed by atoms with Gasteiger partial charge in [0.25, 0.3) is 5.91 Å². The van der Waals surface area contributed by atoms with Crippen molar-refractivity contribution in [3.8, 4) is 0 Å². The molecule has 20 heavy (non-hydrogen) atoms. The largest absolute Gasteiger partial charge is 0.398 e. The molecule has 0 bridgehead atoms. The molecule has 2 rings (SSSR count). The fourth-order valence-electron chi connectivity index (χ4n) is 1.87. The van der Waals surface area contributed by atoms with Crippen molar-refractivity contribution in [2.24, 2.45) is 0 Å². The van der Waals surface area contributed by atoms with Crippen LogP contribution >= 0.6 is 23.2 Å². The topological polar surface area (TPSA) is 55.1 Å². The van der Waals surface area contributed by atoms with Gasteiger partial charge in [-0.05, 0) is 49.2 Å². The first-order chi connectivity index (χ1) is 9.38. The molecule has 0 aliphatic heterocycles. The number of carbonyl (C=O) groups is 1. The minimum Gasteiger partial charge on any atom is -0.398 e. The van der Waals surface area contributed by atoms with Crippen LogP contribution in [0.2, 0.25) is 10.0 Å². The van der Waals surface area contributed by atoms with Gasteiger partial charge in [0.15, 0.2) is 0 Å². The zero-order chi connectivity index (χ0) is 14.9. The third kappa shape index (κ3) is 3.06. The molecule has 0 heterocycles. The van der Waals surface area contributed by atoms with Crippen LogP contribution in [0.4, 0.5) is 11.4 Å². The van der Waals surface area contributed by atoms with Crippen molar-refractivity contribution >= 4 is 40.5 Å². The standard InChI is InChI=1S/C15H14Cl2N2O/c1-8-3-4-10(16)6-11(8)15(20)19-14-7-12(17)13(18)5-9(14)2/h3-7H,18H2,1-2H3,(H,19,20). The van der Waals surface area contributed by atoms with Crippen LogP contribution in [-0.2, 0) is 0 Å². The van der Waals surface area contributed by atoms with E-state index < -0.39 is 0 Å². The van der Waals surface area contributed by atoms with Crippen molar-refractivity contribution in [3.05, 3.63) is 57.1 Å². The molecule has 0 aliphatic carbocycles. The summed E-state index contributed by atoms with van der Waals surface area (Å²) in [7, 11) is 0. The van der Waals surface area contributed by atoms with E-state index in [2.05, 4.69) is 5.32 Å². The molecular weight excluding hydrogens is 295 g/mol. The summed E-state index contributed by atoms with van der Waals surface area (Å²) in [4.78, 5) is 12.3. The first-order valence-corrected chi connectivity index (χ1v) is 6.77. The van der Waals surface area contributed by atoms with E-state index in [1.807, 2.05) is 13.8 Å². The lowest BCUT2D eigenvalue weighted by Gasteiger charge is -2.12. The Morgan fingerprint density at radius 3 is 2.50 bits per heavy atom. The minimum absolute atomic E-state index is 0.228. The van der Waals surface area contributed by atoms with E-state index in [0.29, 0.717) is 27.0 Å². The summed E-state index contributed by atoms with van der Waals surface area (Å²) in [6.45, 7) is 3.71. The predicted octanol–water partition coefficient (Wildman–Crippen LogP) is 4.44. The first-order valence-electron chi connectivity index (χ1n) is 6.01. The number of nitrogen functional groups attached to an aromatic ring is 1. The van der Waals surface area contributed by atoms with Gasteiger partial charge in [-0.2, -0.15) is 0 Å². The number of hydrogen-bond donors (Lipinski definition) is 2. The highest BCUT2D eigenvalue weighted by molar-refractivity contribution is 6.33. The molecule has 0 atom stereocenters. The van der Waals surface area contributed by atoms with Gasteiger partial charge in [0.1, 0.15) is 0 Å². The van der Waals surface area contributed by atoms with Gasteiger partial charge >= 0.3 is 0 Å². The molecule has 0 fully saturated rings. The Morgan fingerprint density at radius 2 is 1.80 bits per heavy atom. The van der Waals surface area contributed by atoms with E-state index in [9.17, 15) is 4.79 Å². The lowest BCUT2D eigenvalue weighted by atomic mass is 10.1. The number of carbonyl (C=O) groups excluding carboxylic acids is 1. The molecule has 0 saturated carbocycles. The average molecular weight is 309 g/mol. The van der Waals surface area contributed by atoms with E-state index >= 15 is 0 Å². The number of halogens is 2. The molecule has 2 aromatic carbocycles. The molecule has 0 saturated heterocycles. The van der Waals surface area contributed by atoms with Gasteiger partial charge in [-0.15, -0.1) is 0 Å². The molecule has 0 aromatic heterocycles. The number of aryl methyl sites for hydroxylation is 2. The third-order valence-electron chi connectivity index (χ3n) is 3.04. The molecule has 0 spiro atoms. The minimum atomic E-state index is -0.228. The number of anilines is 2. The van der Waals surface area contributed by atoms with Gasteiger partial charge < -0.3 is 11.1 Å². The van der Waals surface area contributed by atoms with Crippen LogP contribution in [0.5, 0.6) is 0 Å². The van der Waals surface area contributed by atoms with Crippen LogP contribution in [0.3, 0.4) is 0 Å². The molecular formula is C15H14Cl2N2O. The average Bonchev–Trinajstić information content (AvgIpc) is 2.38. The second-order valence-electron chi connectivity index (χ2n) is 4.60. The van der Waals surface area contributed by atoms with E-state index in [1.54, 1.807) is 30.3 Å². The normalized spacial score (nSPS) is 10.4. The molecule has 1 amide bonds. The Labute approximate surface area is 127 Å². The van der Waals surface area contributed by atoms with Crippen LogP contribution in [0.15, 0.2) is 30.3 Å². The van der Waals surface area contributed by atoms with Crippen molar-refractivity contribution in [2.45, 2.75) is 13.8 Å². The van der Waals surface area contributed by atoms with Crippen LogP contribution in [-0.4, -0.2) is 5.91 Å². The Kier molecular flexibility index (Phi) is 4.21. The number of amides is 1. The van der Waals surface area contributed by atoms with E-state index in [-0.39, 0.29) is 5.91 Å². The first kappa shape index (κ1) is 14.7. The number of rotatable bonds is 2. The molecule has 0 aliphatic rings. The molecule has 0 unspecified atom stereocenters. The quantitative estimate of drug-likeness (QED) is 0.806. The Morgan fingerprint density at radius 1 is 1.10 bits per heavy atom. The smallest absolute Gasteiger partial charge is 0.255 e. The van der Waals surface area contributed by atoms with Crippen molar-refractivity contribution in [1.29, 1.82) is 0 Å². The Bertz CT molecular complexity index is 684. The van der Waals surface area contributed by atoms with Crippen LogP contribution in [0.25, 0.3) is 0 Å². The summed E-state index contributed by atoms with van der Waals surface area (Å²) in [5, 5.41) is 3.76. The van der Waals surface area contributed by atoms with Gasteiger partial charge in [-0.25, -0.2) is 0 Å². The molecule has 0 radical (unpaired) electrons. The maximum atomic E-state index is 12.3. The molecule has 5 heteroatoms. The predicted molar refractivity (Wildman–Crippen MR) is 84.7 cm³/mol. The van der Waals surface area contributed by atoms with Gasteiger partial charge in [-0.1, -0.05) is 29.3 Å². The molecule has 2 aromatic rings. The second-order valence-corrected chi connectivity index (χ2v) is 5.45. The van der Waals surface area contributed by atoms with Gasteiger partial charge in [0.2, 0.25) is 0 Å². The van der Waals surface area contributed by atoms with E-state index in [0.717, 1.165) is 11.1 Å². The Balaban J connectivity index is 2.32. The van der Waals surface area contributed by atoms with Crippen molar-refractivity contribution in [2.75, 3.05) is 11.1 Å². The Hall–Kier alpha value is -1.71. The fraction of sp³-hybridized carbons (Fsp3) is 0.133. The second kappa shape index (κ2) is 5.73. The highest BCUT2D eigenvalue weighted by Crippen LogP contribution is 2.27. The number of benzene rings is 2. The van der Waals surface area contributed by atoms with Gasteiger partial charge in [0.05, 0.1) is 10.7 Å². The lowest BCUT2D eigenvalue weighted by Crippen LogP contribution is -2.14. The number of nitrogens with two attached hydrogens (primary N) is 1. The molecule has 3 N–H and O–H groups in total. The third-order valence-corrected chi connectivity index (χ3v) is 3.60. The molecule has 104 valence electrons. The van der Waals surface area contributed by atoms with Crippen LogP contribution in [0, 0.1) is 13.8 Å². The molecule has 3 nitrogen and oxygen atoms in total. The summed E-state index contributed by atoms with van der Waals surface area (Å²) in [6, 6.07) is 8.56. The summed E-state index contributed by atoms with van der Waals surface area (Å²) in [6.07, 6.45) is 0. The monoisotopic (exact) mass is 308 g/mol. The van der Waals surface area contributed by atoms with E-state index in [1.165, 1.54) is 0 Å². The van der Waals surface area contributed by atoms with Gasteiger partial charge in [-0.3, -0.25) is 4.79 Å². The number of hydrogen-bond acceptors (Lipinski definition) is 2. The maximum Gasteiger partial charge on any atom is 0.255 e. The van der Waals surface area contributed by atoms with Crippen LogP contribution < -0.4 is 11.1 Å². The zero-order valence-electron chi connectivity index (χ0n) is 11.1. The summed E-state index contributed by atoms with van der Waals surface area (Å²) in [5.41, 5.74) is 9.07. The fourth-order valence-corrected chi connectivity index (χ4v) is 2.20. The summed E-state index contributed by atoms with van der Waals surface area (Å²) in [5.74, 6) is -0.228.